The zero-order valence-electron chi connectivity index (χ0n) is 5.49. The zero-order valence-corrected chi connectivity index (χ0v) is 5.49. The highest BCUT2D eigenvalue weighted by atomic mass is 16.4. The number of rotatable bonds is 3. The average Bonchev–Trinajstić information content (AvgIpc) is 1.82. The molecule has 3 N–H and O–H groups in total. The predicted molar refractivity (Wildman–Crippen MR) is 40.2 cm³/mol. The van der Waals surface area contributed by atoms with Crippen LogP contribution < -0.4 is 0 Å². The van der Waals surface area contributed by atoms with Crippen molar-refractivity contribution >= 4 is 7.12 Å². The van der Waals surface area contributed by atoms with Crippen LogP contribution in [0.1, 0.15) is 0 Å². The van der Waals surface area contributed by atoms with E-state index in [9.17, 15) is 0 Å². The van der Waals surface area contributed by atoms with Crippen molar-refractivity contribution in [3.05, 3.63) is 36.5 Å². The Morgan fingerprint density at radius 1 is 1.20 bits per heavy atom. The Morgan fingerprint density at radius 3 is 2.00 bits per heavy atom. The fourth-order valence-corrected chi connectivity index (χ4v) is 0.289. The third-order valence-electron chi connectivity index (χ3n) is 0.821. The molecule has 0 saturated carbocycles. The molecule has 0 fully saturated rings. The maximum absolute atomic E-state index is 8.50. The summed E-state index contributed by atoms with van der Waals surface area (Å²) in [6.07, 6.45) is 2.49. The van der Waals surface area contributed by atoms with Gasteiger partial charge in [-0.1, -0.05) is 19.2 Å². The van der Waals surface area contributed by atoms with Crippen molar-refractivity contribution < 1.29 is 15.2 Å². The van der Waals surface area contributed by atoms with Gasteiger partial charge < -0.3 is 15.2 Å². The molecule has 4 heteroatoms. The normalized spacial score (nSPS) is 9.80. The third-order valence-corrected chi connectivity index (χ3v) is 0.821. The van der Waals surface area contributed by atoms with Gasteiger partial charge in [0.2, 0.25) is 0 Å². The standard InChI is InChI=1S/C6H9BO3/c1-5(7(9)10)3-4-6(2)8/h3-4,8-10H,1-2H2/b4-3-. The summed E-state index contributed by atoms with van der Waals surface area (Å²) in [5.41, 5.74) is 0.107. The lowest BCUT2D eigenvalue weighted by Gasteiger charge is -1.93. The summed E-state index contributed by atoms with van der Waals surface area (Å²) in [5.74, 6) is -0.151. The first kappa shape index (κ1) is 9.00. The van der Waals surface area contributed by atoms with Gasteiger partial charge in [0, 0.05) is 0 Å². The van der Waals surface area contributed by atoms with Gasteiger partial charge in [0.25, 0.3) is 0 Å². The van der Waals surface area contributed by atoms with E-state index < -0.39 is 7.12 Å². The summed E-state index contributed by atoms with van der Waals surface area (Å²) in [6.45, 7) is 6.44. The van der Waals surface area contributed by atoms with Crippen LogP contribution in [0, 0.1) is 0 Å². The van der Waals surface area contributed by atoms with Crippen LogP contribution in [0.3, 0.4) is 0 Å². The Bertz CT molecular complexity index is 172. The monoisotopic (exact) mass is 140 g/mol. The van der Waals surface area contributed by atoms with Gasteiger partial charge in [0.1, 0.15) is 5.76 Å². The molecule has 0 heterocycles. The van der Waals surface area contributed by atoms with Gasteiger partial charge in [0.05, 0.1) is 0 Å². The fraction of sp³-hybridized carbons (Fsp3) is 0. The van der Waals surface area contributed by atoms with E-state index >= 15 is 0 Å². The molecule has 0 aromatic carbocycles. The summed E-state index contributed by atoms with van der Waals surface area (Å²) in [7, 11) is -1.57. The Hall–Kier alpha value is -0.995. The molecule has 0 spiro atoms. The van der Waals surface area contributed by atoms with Crippen LogP contribution in [0.4, 0.5) is 0 Å². The van der Waals surface area contributed by atoms with Crippen LogP contribution in [-0.4, -0.2) is 22.3 Å². The summed E-state index contributed by atoms with van der Waals surface area (Å²) in [5, 5.41) is 25.4. The van der Waals surface area contributed by atoms with Crippen molar-refractivity contribution in [1.82, 2.24) is 0 Å². The number of aliphatic hydroxyl groups is 1. The smallest absolute Gasteiger partial charge is 0.487 e. The van der Waals surface area contributed by atoms with Crippen molar-refractivity contribution in [2.45, 2.75) is 0 Å². The molecule has 10 heavy (non-hydrogen) atoms. The minimum absolute atomic E-state index is 0.107. The van der Waals surface area contributed by atoms with Gasteiger partial charge >= 0.3 is 7.12 Å². The quantitative estimate of drug-likeness (QED) is 0.297. The Balaban J connectivity index is 3.90. The average molecular weight is 140 g/mol. The first-order chi connectivity index (χ1) is 4.54. The molecule has 0 aromatic heterocycles. The van der Waals surface area contributed by atoms with E-state index in [2.05, 4.69) is 13.2 Å². The van der Waals surface area contributed by atoms with Gasteiger partial charge in [-0.25, -0.2) is 0 Å². The molecule has 0 saturated heterocycles. The van der Waals surface area contributed by atoms with E-state index in [1.54, 1.807) is 0 Å². The Kier molecular flexibility index (Phi) is 3.53. The van der Waals surface area contributed by atoms with Crippen LogP contribution in [0.2, 0.25) is 0 Å². The molecular formula is C6H9BO3. The van der Waals surface area contributed by atoms with Crippen molar-refractivity contribution in [1.29, 1.82) is 0 Å². The summed E-state index contributed by atoms with van der Waals surface area (Å²) in [6, 6.07) is 0. The first-order valence-electron chi connectivity index (χ1n) is 2.65. The molecule has 54 valence electrons. The highest BCUT2D eigenvalue weighted by Crippen LogP contribution is 1.96. The molecule has 0 unspecified atom stereocenters. The molecule has 0 aliphatic rings. The second-order valence-electron chi connectivity index (χ2n) is 1.77. The van der Waals surface area contributed by atoms with Crippen molar-refractivity contribution in [3.8, 4) is 0 Å². The van der Waals surface area contributed by atoms with Gasteiger partial charge in [-0.2, -0.15) is 0 Å². The number of hydrogen-bond acceptors (Lipinski definition) is 3. The molecule has 0 aliphatic heterocycles. The second kappa shape index (κ2) is 3.92. The lowest BCUT2D eigenvalue weighted by Crippen LogP contribution is -2.12. The maximum atomic E-state index is 8.50. The lowest BCUT2D eigenvalue weighted by atomic mass is 9.80. The molecule has 0 radical (unpaired) electrons. The molecular weight excluding hydrogens is 131 g/mol. The van der Waals surface area contributed by atoms with E-state index in [4.69, 9.17) is 15.2 Å². The second-order valence-corrected chi connectivity index (χ2v) is 1.77. The number of hydrogen-bond donors (Lipinski definition) is 3. The first-order valence-corrected chi connectivity index (χ1v) is 2.65. The summed E-state index contributed by atoms with van der Waals surface area (Å²) in [4.78, 5) is 0. The van der Waals surface area contributed by atoms with E-state index in [0.29, 0.717) is 0 Å². The zero-order chi connectivity index (χ0) is 8.15. The van der Waals surface area contributed by atoms with E-state index in [1.807, 2.05) is 0 Å². The van der Waals surface area contributed by atoms with Gasteiger partial charge in [-0.3, -0.25) is 0 Å². The van der Waals surface area contributed by atoms with Gasteiger partial charge in [-0.15, -0.1) is 0 Å². The Morgan fingerprint density at radius 2 is 1.70 bits per heavy atom. The van der Waals surface area contributed by atoms with E-state index in [1.165, 1.54) is 12.2 Å². The fourth-order valence-electron chi connectivity index (χ4n) is 0.289. The van der Waals surface area contributed by atoms with Crippen LogP contribution >= 0.6 is 0 Å². The molecule has 0 rings (SSSR count). The van der Waals surface area contributed by atoms with E-state index in [-0.39, 0.29) is 11.2 Å². The summed E-state index contributed by atoms with van der Waals surface area (Å²) < 4.78 is 0. The molecule has 0 amide bonds. The molecule has 0 aromatic rings. The van der Waals surface area contributed by atoms with Crippen molar-refractivity contribution in [2.24, 2.45) is 0 Å². The molecule has 3 nitrogen and oxygen atoms in total. The third kappa shape index (κ3) is 3.94. The van der Waals surface area contributed by atoms with Gasteiger partial charge in [-0.05, 0) is 11.5 Å². The van der Waals surface area contributed by atoms with Gasteiger partial charge in [0.15, 0.2) is 0 Å². The molecule has 0 atom stereocenters. The van der Waals surface area contributed by atoms with Crippen LogP contribution in [0.25, 0.3) is 0 Å². The van der Waals surface area contributed by atoms with Crippen LogP contribution in [0.15, 0.2) is 36.5 Å². The number of aliphatic hydroxyl groups excluding tert-OH is 1. The molecule has 0 aliphatic carbocycles. The highest BCUT2D eigenvalue weighted by Gasteiger charge is 2.07. The minimum Gasteiger partial charge on any atom is -0.509 e. The van der Waals surface area contributed by atoms with Crippen molar-refractivity contribution in [2.75, 3.05) is 0 Å². The largest absolute Gasteiger partial charge is 0.509 e. The van der Waals surface area contributed by atoms with Crippen LogP contribution in [-0.2, 0) is 0 Å². The van der Waals surface area contributed by atoms with Crippen molar-refractivity contribution in [3.63, 3.8) is 0 Å². The Labute approximate surface area is 59.8 Å². The molecule has 0 bridgehead atoms. The van der Waals surface area contributed by atoms with E-state index in [0.717, 1.165) is 0 Å². The predicted octanol–water partition coefficient (Wildman–Crippen LogP) is 0.182. The van der Waals surface area contributed by atoms with Crippen LogP contribution in [0.5, 0.6) is 0 Å². The lowest BCUT2D eigenvalue weighted by molar-refractivity contribution is 0.420. The maximum Gasteiger partial charge on any atom is 0.487 e. The number of allylic oxidation sites excluding steroid dienone is 3. The summed E-state index contributed by atoms with van der Waals surface area (Å²) >= 11 is 0. The topological polar surface area (TPSA) is 60.7 Å². The minimum atomic E-state index is -1.57. The highest BCUT2D eigenvalue weighted by molar-refractivity contribution is 6.51. The SMILES string of the molecule is C=C(O)/C=C\C(=C)B(O)O.